The third-order valence-corrected chi connectivity index (χ3v) is 17.8. The van der Waals surface area contributed by atoms with Crippen molar-refractivity contribution in [1.82, 2.24) is 41.0 Å². The fourth-order valence-electron chi connectivity index (χ4n) is 10.8. The number of esters is 2. The first-order chi connectivity index (χ1) is 43.2. The Kier molecular flexibility index (Phi) is 25.5. The molecule has 19 N–H and O–H groups in total. The molecule has 31 heteroatoms. The van der Waals surface area contributed by atoms with Crippen LogP contribution in [0.4, 0.5) is 5.69 Å². The number of aromatic nitrogens is 2. The number of unbranched alkanes of at least 4 members (excludes halogenated alkanes) is 1. The minimum Gasteiger partial charge on any atom is -0.494 e. The number of nitrogens with one attached hydrogen (secondary N) is 6. The summed E-state index contributed by atoms with van der Waals surface area (Å²) in [6.07, 6.45) is 1.47. The number of fused-ring (bicyclic) bond motifs is 5. The minimum absolute atomic E-state index is 0.00878. The van der Waals surface area contributed by atoms with Crippen LogP contribution in [0, 0.1) is 17.8 Å². The Balaban J connectivity index is 1.08. The van der Waals surface area contributed by atoms with Crippen molar-refractivity contribution in [2.75, 3.05) is 25.9 Å². The molecule has 0 aliphatic carbocycles. The number of ether oxygens (including phenoxy) is 2. The fourth-order valence-corrected chi connectivity index (χ4v) is 11.8. The smallest absolute Gasteiger partial charge is 0.343 e. The van der Waals surface area contributed by atoms with Gasteiger partial charge in [-0.25, -0.2) is 4.79 Å². The molecule has 3 unspecified atom stereocenters. The second-order valence-electron chi connectivity index (χ2n) is 23.1. The van der Waals surface area contributed by atoms with E-state index in [2.05, 4.69) is 36.9 Å². The number of hydrogen-bond acceptors (Lipinski definition) is 20. The Morgan fingerprint density at radius 3 is 2.04 bits per heavy atom. The summed E-state index contributed by atoms with van der Waals surface area (Å²) in [5, 5.41) is 49.2. The van der Waals surface area contributed by atoms with E-state index in [-0.39, 0.29) is 109 Å². The molecule has 0 spiro atoms. The number of guanidine groups is 1. The van der Waals surface area contributed by atoms with Gasteiger partial charge in [0.05, 0.1) is 40.0 Å². The van der Waals surface area contributed by atoms with Crippen molar-refractivity contribution in [3.05, 3.63) is 63.1 Å². The van der Waals surface area contributed by atoms with Crippen LogP contribution in [-0.4, -0.2) is 152 Å². The number of aromatic hydroxyl groups is 2. The minimum atomic E-state index is -1.96. The van der Waals surface area contributed by atoms with Crippen molar-refractivity contribution in [2.24, 2.45) is 56.4 Å². The Labute approximate surface area is 530 Å². The molecule has 3 aliphatic heterocycles. The number of aliphatic imine (C=N–C) groups is 2. The van der Waals surface area contributed by atoms with Crippen LogP contribution >= 0.6 is 11.8 Å². The van der Waals surface area contributed by atoms with Crippen molar-refractivity contribution < 1.29 is 67.9 Å². The van der Waals surface area contributed by atoms with Crippen LogP contribution in [0.5, 0.6) is 17.5 Å². The molecular weight excluding hydrogens is 1200 g/mol. The van der Waals surface area contributed by atoms with E-state index < -0.39 is 119 Å². The first-order valence-electron chi connectivity index (χ1n) is 30.6. The topological polar surface area (TPSA) is 487 Å². The molecule has 7 amide bonds. The molecule has 3 aliphatic rings. The van der Waals surface area contributed by atoms with Crippen LogP contribution in [-0.2, 0) is 79.6 Å². The zero-order valence-electron chi connectivity index (χ0n) is 52.1. The van der Waals surface area contributed by atoms with Crippen LogP contribution in [0.15, 0.2) is 50.0 Å². The predicted molar refractivity (Wildman–Crippen MR) is 335 cm³/mol. The summed E-state index contributed by atoms with van der Waals surface area (Å²) in [7, 11) is 1.45. The van der Waals surface area contributed by atoms with Crippen LogP contribution in [0.2, 0.25) is 0 Å². The largest absolute Gasteiger partial charge is 0.494 e. The van der Waals surface area contributed by atoms with Gasteiger partial charge in [-0.3, -0.25) is 57.7 Å². The fraction of sp³-hybridized carbons (Fsp3) is 0.567. The number of pyridine rings is 1. The highest BCUT2D eigenvalue weighted by molar-refractivity contribution is 7.99. The van der Waals surface area contributed by atoms with Gasteiger partial charge in [-0.1, -0.05) is 47.5 Å². The van der Waals surface area contributed by atoms with Gasteiger partial charge in [-0.2, -0.15) is 0 Å². The predicted octanol–water partition coefficient (Wildman–Crippen LogP) is -0.853. The average molecular weight is 1290 g/mol. The molecule has 91 heavy (non-hydrogen) atoms. The quantitative estimate of drug-likeness (QED) is 0.00864. The molecule has 6 rings (SSSR count). The van der Waals surface area contributed by atoms with Gasteiger partial charge in [0.25, 0.3) is 5.56 Å². The maximum absolute atomic E-state index is 14.2. The summed E-state index contributed by atoms with van der Waals surface area (Å²) in [4.78, 5) is 143. The van der Waals surface area contributed by atoms with Crippen LogP contribution < -0.4 is 70.9 Å². The molecular formula is C60H87N15O15S. The number of primary amides is 1. The van der Waals surface area contributed by atoms with Crippen molar-refractivity contribution in [1.29, 1.82) is 0 Å². The summed E-state index contributed by atoms with van der Waals surface area (Å²) in [6.45, 7) is 8.90. The SMILES string of the molecule is CCC(C)[C@H](NC(=O)[C@H](CCCCN)NC(=O)[C@@H](NC(=O)[C@H](CCC(N)=O)NC(=O)[C@H](CCCN=C(N)N)NC(=O)[C@@H](N)CSc1cc(O)n(CCC(=O)Oc2ccc3c(c2)CC2Cn4c(cc5c(c4=O)COC(=O)[C@]5(O)CC)C2=N3)c1O)C(C)CC)C(=O)NC. The summed E-state index contributed by atoms with van der Waals surface area (Å²) >= 11 is 0.880. The summed E-state index contributed by atoms with van der Waals surface area (Å²) < 4.78 is 13.4. The number of thioether (sulfide) groups is 1. The first-order valence-corrected chi connectivity index (χ1v) is 31.5. The number of likely N-dealkylation sites (N-methyl/N-ethyl adjacent to an activating group) is 1. The number of nitrogens with two attached hydrogens (primary N) is 5. The molecule has 2 aromatic heterocycles. The van der Waals surface area contributed by atoms with E-state index in [0.29, 0.717) is 62.3 Å². The van der Waals surface area contributed by atoms with E-state index in [4.69, 9.17) is 43.1 Å². The molecule has 0 radical (unpaired) electrons. The molecule has 0 fully saturated rings. The monoisotopic (exact) mass is 1290 g/mol. The molecule has 498 valence electrons. The van der Waals surface area contributed by atoms with Crippen LogP contribution in [0.25, 0.3) is 0 Å². The number of aliphatic hydroxyl groups is 1. The molecule has 1 aromatic carbocycles. The number of benzene rings is 1. The van der Waals surface area contributed by atoms with Crippen molar-refractivity contribution in [2.45, 2.75) is 178 Å². The van der Waals surface area contributed by atoms with E-state index in [1.54, 1.807) is 56.5 Å². The Morgan fingerprint density at radius 2 is 1.43 bits per heavy atom. The van der Waals surface area contributed by atoms with Gasteiger partial charge >= 0.3 is 11.9 Å². The van der Waals surface area contributed by atoms with E-state index in [0.717, 1.165) is 21.9 Å². The lowest BCUT2D eigenvalue weighted by molar-refractivity contribution is -0.172. The van der Waals surface area contributed by atoms with Gasteiger partial charge in [0.15, 0.2) is 17.4 Å². The van der Waals surface area contributed by atoms with Gasteiger partial charge in [0.2, 0.25) is 47.2 Å². The van der Waals surface area contributed by atoms with Crippen molar-refractivity contribution in [3.8, 4) is 17.5 Å². The number of rotatable bonds is 34. The lowest BCUT2D eigenvalue weighted by atomic mass is 9.85. The highest BCUT2D eigenvalue weighted by Crippen LogP contribution is 2.40. The molecule has 0 saturated carbocycles. The zero-order chi connectivity index (χ0) is 67.0. The highest BCUT2D eigenvalue weighted by atomic mass is 32.2. The third kappa shape index (κ3) is 17.9. The zero-order valence-corrected chi connectivity index (χ0v) is 53.0. The number of cyclic esters (lactones) is 1. The maximum Gasteiger partial charge on any atom is 0.343 e. The van der Waals surface area contributed by atoms with Crippen LogP contribution in [0.1, 0.15) is 128 Å². The summed E-state index contributed by atoms with van der Waals surface area (Å²) in [6, 6.07) is 0.152. The van der Waals surface area contributed by atoms with Crippen molar-refractivity contribution >= 4 is 82.4 Å². The number of nitrogens with zero attached hydrogens (tertiary/aromatic N) is 4. The van der Waals surface area contributed by atoms with E-state index >= 15 is 0 Å². The number of amides is 7. The van der Waals surface area contributed by atoms with E-state index in [9.17, 15) is 63.3 Å². The Bertz CT molecular complexity index is 3330. The third-order valence-electron chi connectivity index (χ3n) is 16.7. The maximum atomic E-state index is 14.2. The Morgan fingerprint density at radius 1 is 0.813 bits per heavy atom. The number of carbonyl (C=O) groups excluding carboxylic acids is 9. The molecule has 3 aromatic rings. The molecule has 10 atom stereocenters. The second-order valence-corrected chi connectivity index (χ2v) is 24.1. The average Bonchev–Trinajstić information content (AvgIpc) is 1.68. The van der Waals surface area contributed by atoms with Gasteiger partial charge < -0.3 is 89.9 Å². The van der Waals surface area contributed by atoms with E-state index in [1.807, 2.05) is 6.92 Å². The first kappa shape index (κ1) is 71.5. The standard InChI is InChI=1S/C60H87N15O15S/c1-7-30(4)47(54(83)66-6)72-52(81)39(13-10-11-20-61)71-55(84)48(31(5)8-2)73-53(82)41(17-18-44(63)76)70-51(80)40(14-12-21-67-59(64)65)69-50(79)37(62)29-91-43-26-45(77)74(57(43)86)22-19-46(78)90-34-15-16-38-32(24-34)23-33-27-75-42(49(33)68-38)25-36-35(56(75)85)28-89-58(87)60(36,88)9-3/h15-16,24-26,30-31,33,37,39-41,47-48,77,86,88H,7-14,17-23,27-29,61-62H2,1-6H3,(H2,63,76)(H,66,83)(H,69,79)(H,70,80)(H,71,84)(H,72,81)(H,73,82)(H4,64,65,67)/t30?,31?,33?,37-,39-,40-,41-,47-,48-,60-/m0/s1. The Hall–Kier alpha value is -8.55. The number of carbonyl (C=O) groups is 9. The highest BCUT2D eigenvalue weighted by Gasteiger charge is 2.47. The molecule has 0 bridgehead atoms. The van der Waals surface area contributed by atoms with Gasteiger partial charge in [-0.15, -0.1) is 11.8 Å². The normalized spacial score (nSPS) is 18.0. The summed E-state index contributed by atoms with van der Waals surface area (Å²) in [5.74, 6) is -8.93. The molecule has 0 saturated heterocycles. The molecule has 5 heterocycles. The van der Waals surface area contributed by atoms with Gasteiger partial charge in [0, 0.05) is 56.4 Å². The van der Waals surface area contributed by atoms with Crippen LogP contribution in [0.3, 0.4) is 0 Å². The lowest BCUT2D eigenvalue weighted by Crippen LogP contribution is -2.61. The lowest BCUT2D eigenvalue weighted by Gasteiger charge is -2.31. The van der Waals surface area contributed by atoms with E-state index in [1.165, 1.54) is 13.1 Å². The van der Waals surface area contributed by atoms with Gasteiger partial charge in [0.1, 0.15) is 42.6 Å². The van der Waals surface area contributed by atoms with Crippen molar-refractivity contribution in [3.63, 3.8) is 0 Å². The molecule has 30 nitrogen and oxygen atoms in total. The van der Waals surface area contributed by atoms with Gasteiger partial charge in [-0.05, 0) is 99.6 Å². The number of hydrogen-bond donors (Lipinski definition) is 14. The summed E-state index contributed by atoms with van der Waals surface area (Å²) in [5.41, 5.74) is 29.1. The second kappa shape index (κ2) is 32.5.